The third-order valence-corrected chi connectivity index (χ3v) is 3.02. The number of nitrogens with zero attached hydrogens (tertiary/aromatic N) is 3. The largest absolute Gasteiger partial charge is 0.476 e. The minimum Gasteiger partial charge on any atom is -0.476 e. The molecule has 0 aliphatic carbocycles. The lowest BCUT2D eigenvalue weighted by Crippen LogP contribution is -2.44. The van der Waals surface area contributed by atoms with E-state index in [-0.39, 0.29) is 24.2 Å². The normalized spacial score (nSPS) is 10.4. The molecule has 9 nitrogen and oxygen atoms in total. The molecular weight excluding hydrogens is 316 g/mol. The Hall–Kier alpha value is -2.71. The summed E-state index contributed by atoms with van der Waals surface area (Å²) in [6, 6.07) is 2.93. The molecule has 0 atom stereocenters. The molecule has 1 rings (SSSR count). The van der Waals surface area contributed by atoms with Crippen molar-refractivity contribution in [2.24, 2.45) is 0 Å². The third kappa shape index (κ3) is 5.82. The number of hydrogen-bond donors (Lipinski definition) is 1. The number of aromatic nitrogens is 1. The first kappa shape index (κ1) is 19.3. The van der Waals surface area contributed by atoms with Gasteiger partial charge in [0.2, 0.25) is 11.7 Å². The second kappa shape index (κ2) is 8.80. The van der Waals surface area contributed by atoms with E-state index in [4.69, 9.17) is 4.74 Å². The second-order valence-corrected chi connectivity index (χ2v) is 5.45. The molecule has 1 heterocycles. The number of hydrogen-bond acceptors (Lipinski definition) is 6. The Morgan fingerprint density at radius 3 is 2.62 bits per heavy atom. The molecule has 1 aromatic rings. The van der Waals surface area contributed by atoms with Gasteiger partial charge in [0.15, 0.2) is 6.61 Å². The molecule has 1 N–H and O–H groups in total. The molecule has 0 radical (unpaired) electrons. The molecule has 0 unspecified atom stereocenters. The van der Waals surface area contributed by atoms with Crippen molar-refractivity contribution in [3.63, 3.8) is 0 Å². The van der Waals surface area contributed by atoms with Crippen LogP contribution in [0.5, 0.6) is 5.75 Å². The van der Waals surface area contributed by atoms with Gasteiger partial charge < -0.3 is 25.1 Å². The van der Waals surface area contributed by atoms with Gasteiger partial charge in [0.25, 0.3) is 5.91 Å². The van der Waals surface area contributed by atoms with Gasteiger partial charge in [-0.25, -0.2) is 0 Å². The molecule has 0 aliphatic heterocycles. The summed E-state index contributed by atoms with van der Waals surface area (Å²) in [6.07, 6.45) is 0. The maximum absolute atomic E-state index is 12.1. The van der Waals surface area contributed by atoms with E-state index in [1.807, 2.05) is 13.8 Å². The van der Waals surface area contributed by atoms with Crippen LogP contribution in [0.2, 0.25) is 0 Å². The Morgan fingerprint density at radius 2 is 2.08 bits per heavy atom. The standard InChI is InChI=1S/C15H22N4O5/c1-5-18(8-13(20)16-10(2)3)14(21)9-24-12-7-6-11(4)17-15(12)19(22)23/h6-7,10H,5,8-9H2,1-4H3,(H,16,20). The van der Waals surface area contributed by atoms with E-state index in [0.717, 1.165) is 0 Å². The van der Waals surface area contributed by atoms with Gasteiger partial charge in [-0.3, -0.25) is 9.59 Å². The molecule has 9 heteroatoms. The van der Waals surface area contributed by atoms with Crippen LogP contribution in [0.1, 0.15) is 26.5 Å². The van der Waals surface area contributed by atoms with Crippen molar-refractivity contribution >= 4 is 17.6 Å². The van der Waals surface area contributed by atoms with Gasteiger partial charge in [0.1, 0.15) is 5.69 Å². The zero-order chi connectivity index (χ0) is 18.3. The van der Waals surface area contributed by atoms with Crippen LogP contribution < -0.4 is 10.1 Å². The number of nitro groups is 1. The van der Waals surface area contributed by atoms with Gasteiger partial charge in [0, 0.05) is 19.5 Å². The average molecular weight is 338 g/mol. The van der Waals surface area contributed by atoms with Crippen LogP contribution in [0, 0.1) is 17.0 Å². The highest BCUT2D eigenvalue weighted by Crippen LogP contribution is 2.24. The van der Waals surface area contributed by atoms with Crippen molar-refractivity contribution in [1.82, 2.24) is 15.2 Å². The highest BCUT2D eigenvalue weighted by atomic mass is 16.6. The van der Waals surface area contributed by atoms with Crippen molar-refractivity contribution in [2.45, 2.75) is 33.7 Å². The number of carbonyl (C=O) groups is 2. The number of pyridine rings is 1. The van der Waals surface area contributed by atoms with Crippen molar-refractivity contribution in [2.75, 3.05) is 19.7 Å². The van der Waals surface area contributed by atoms with Gasteiger partial charge in [-0.1, -0.05) is 0 Å². The Morgan fingerprint density at radius 1 is 1.42 bits per heavy atom. The number of likely N-dealkylation sites (N-methyl/N-ethyl adjacent to an activating group) is 1. The molecular formula is C15H22N4O5. The van der Waals surface area contributed by atoms with Gasteiger partial charge in [-0.2, -0.15) is 0 Å². The summed E-state index contributed by atoms with van der Waals surface area (Å²) < 4.78 is 5.23. The quantitative estimate of drug-likeness (QED) is 0.559. The van der Waals surface area contributed by atoms with Gasteiger partial charge in [0.05, 0.1) is 6.54 Å². The first-order valence-corrected chi connectivity index (χ1v) is 7.56. The van der Waals surface area contributed by atoms with Crippen LogP contribution in [0.4, 0.5) is 5.82 Å². The fourth-order valence-electron chi connectivity index (χ4n) is 1.92. The first-order chi connectivity index (χ1) is 11.2. The zero-order valence-electron chi connectivity index (χ0n) is 14.2. The fraction of sp³-hybridized carbons (Fsp3) is 0.533. The summed E-state index contributed by atoms with van der Waals surface area (Å²) in [5.74, 6) is -1.24. The number of aryl methyl sites for hydroxylation is 1. The van der Waals surface area contributed by atoms with Crippen molar-refractivity contribution < 1.29 is 19.2 Å². The first-order valence-electron chi connectivity index (χ1n) is 7.56. The molecule has 2 amide bonds. The number of carbonyl (C=O) groups excluding carboxylic acids is 2. The third-order valence-electron chi connectivity index (χ3n) is 3.02. The molecule has 0 bridgehead atoms. The maximum Gasteiger partial charge on any atom is 0.406 e. The summed E-state index contributed by atoms with van der Waals surface area (Å²) in [6.45, 7) is 6.82. The van der Waals surface area contributed by atoms with E-state index in [2.05, 4.69) is 10.3 Å². The van der Waals surface area contributed by atoms with Crippen LogP contribution >= 0.6 is 0 Å². The Bertz CT molecular complexity index is 618. The molecule has 24 heavy (non-hydrogen) atoms. The van der Waals surface area contributed by atoms with E-state index in [1.165, 1.54) is 11.0 Å². The van der Waals surface area contributed by atoms with Crippen molar-refractivity contribution in [3.05, 3.63) is 27.9 Å². The predicted molar refractivity (Wildman–Crippen MR) is 86.7 cm³/mol. The lowest BCUT2D eigenvalue weighted by Gasteiger charge is -2.21. The van der Waals surface area contributed by atoms with Gasteiger partial charge >= 0.3 is 5.82 Å². The average Bonchev–Trinajstić information content (AvgIpc) is 2.50. The predicted octanol–water partition coefficient (Wildman–Crippen LogP) is 1.05. The number of nitrogens with one attached hydrogen (secondary N) is 1. The molecule has 132 valence electrons. The fourth-order valence-corrected chi connectivity index (χ4v) is 1.92. The lowest BCUT2D eigenvalue weighted by atomic mass is 10.3. The van der Waals surface area contributed by atoms with E-state index >= 15 is 0 Å². The Balaban J connectivity index is 2.70. The molecule has 0 saturated heterocycles. The van der Waals surface area contributed by atoms with Crippen LogP contribution in [-0.4, -0.2) is 52.4 Å². The smallest absolute Gasteiger partial charge is 0.406 e. The van der Waals surface area contributed by atoms with Crippen LogP contribution in [-0.2, 0) is 9.59 Å². The monoisotopic (exact) mass is 338 g/mol. The Kier molecular flexibility index (Phi) is 7.09. The summed E-state index contributed by atoms with van der Waals surface area (Å²) in [4.78, 5) is 39.3. The van der Waals surface area contributed by atoms with E-state index in [1.54, 1.807) is 19.9 Å². The van der Waals surface area contributed by atoms with Crippen molar-refractivity contribution in [1.29, 1.82) is 0 Å². The lowest BCUT2D eigenvalue weighted by molar-refractivity contribution is -0.390. The minimum absolute atomic E-state index is 0.0242. The number of amides is 2. The molecule has 0 aliphatic rings. The number of ether oxygens (including phenoxy) is 1. The summed E-state index contributed by atoms with van der Waals surface area (Å²) in [5, 5.41) is 13.7. The van der Waals surface area contributed by atoms with Crippen LogP contribution in [0.25, 0.3) is 0 Å². The van der Waals surface area contributed by atoms with Crippen LogP contribution in [0.15, 0.2) is 12.1 Å². The molecule has 0 saturated carbocycles. The minimum atomic E-state index is -0.666. The maximum atomic E-state index is 12.1. The molecule has 1 aromatic heterocycles. The van der Waals surface area contributed by atoms with E-state index in [0.29, 0.717) is 12.2 Å². The van der Waals surface area contributed by atoms with Crippen molar-refractivity contribution in [3.8, 4) is 5.75 Å². The van der Waals surface area contributed by atoms with E-state index in [9.17, 15) is 19.7 Å². The molecule has 0 fully saturated rings. The highest BCUT2D eigenvalue weighted by molar-refractivity contribution is 5.85. The highest BCUT2D eigenvalue weighted by Gasteiger charge is 2.21. The van der Waals surface area contributed by atoms with Crippen LogP contribution in [0.3, 0.4) is 0 Å². The topological polar surface area (TPSA) is 115 Å². The van der Waals surface area contributed by atoms with E-state index < -0.39 is 23.3 Å². The number of rotatable bonds is 8. The zero-order valence-corrected chi connectivity index (χ0v) is 14.2. The second-order valence-electron chi connectivity index (χ2n) is 5.45. The summed E-state index contributed by atoms with van der Waals surface area (Å²) >= 11 is 0. The van der Waals surface area contributed by atoms with Gasteiger partial charge in [-0.05, 0) is 42.8 Å². The van der Waals surface area contributed by atoms with Gasteiger partial charge in [-0.15, -0.1) is 0 Å². The summed E-state index contributed by atoms with van der Waals surface area (Å²) in [5.41, 5.74) is 0.473. The SMILES string of the molecule is CCN(CC(=O)NC(C)C)C(=O)COc1ccc(C)nc1[N+](=O)[O-]. The molecule has 0 aromatic carbocycles. The Labute approximate surface area is 140 Å². The molecule has 0 spiro atoms. The summed E-state index contributed by atoms with van der Waals surface area (Å²) in [7, 11) is 0.